The summed E-state index contributed by atoms with van der Waals surface area (Å²) in [6.07, 6.45) is 0.760. The highest BCUT2D eigenvalue weighted by Crippen LogP contribution is 2.35. The fourth-order valence-corrected chi connectivity index (χ4v) is 7.50. The van der Waals surface area contributed by atoms with Crippen molar-refractivity contribution in [3.8, 4) is 17.2 Å². The molecule has 7 nitrogen and oxygen atoms in total. The van der Waals surface area contributed by atoms with Crippen LogP contribution in [0.3, 0.4) is 0 Å². The molecule has 1 aliphatic heterocycles. The lowest BCUT2D eigenvalue weighted by Crippen LogP contribution is -2.30. The Morgan fingerprint density at radius 3 is 2.60 bits per heavy atom. The Kier molecular flexibility index (Phi) is 8.60. The minimum atomic E-state index is -0.602. The van der Waals surface area contributed by atoms with Gasteiger partial charge in [0.1, 0.15) is 10.6 Å². The Morgan fingerprint density at radius 1 is 1.09 bits per heavy atom. The van der Waals surface area contributed by atoms with Crippen molar-refractivity contribution >= 4 is 39.1 Å². The van der Waals surface area contributed by atoms with Crippen molar-refractivity contribution in [2.45, 2.75) is 31.6 Å². The number of Topliss-reactive ketones (excluding diaryl/α,β-unsaturated/α-hetero) is 1. The van der Waals surface area contributed by atoms with E-state index in [9.17, 15) is 14.0 Å². The SMILES string of the molecule is CCOc1ccc(-n2c(SCC(=O)c3ccc(OC)c(F)c3)nc3sc4c(c3c2=O)CCN(Cc2ccccc2)C4)cc1. The predicted molar refractivity (Wildman–Crippen MR) is 169 cm³/mol. The Bertz CT molecular complexity index is 1840. The first-order valence-corrected chi connectivity index (χ1v) is 15.8. The van der Waals surface area contributed by atoms with Crippen LogP contribution in [0, 0.1) is 5.82 Å². The van der Waals surface area contributed by atoms with Gasteiger partial charge in [-0.05, 0) is 66.9 Å². The molecule has 0 saturated heterocycles. The van der Waals surface area contributed by atoms with E-state index in [2.05, 4.69) is 17.0 Å². The molecule has 0 bridgehead atoms. The van der Waals surface area contributed by atoms with E-state index in [0.717, 1.165) is 36.5 Å². The summed E-state index contributed by atoms with van der Waals surface area (Å²) >= 11 is 2.71. The molecule has 3 heterocycles. The summed E-state index contributed by atoms with van der Waals surface area (Å²) in [7, 11) is 1.38. The summed E-state index contributed by atoms with van der Waals surface area (Å²) in [6, 6.07) is 21.8. The first-order valence-electron chi connectivity index (χ1n) is 14.0. The third-order valence-electron chi connectivity index (χ3n) is 7.38. The molecule has 5 aromatic rings. The molecule has 0 amide bonds. The molecular formula is C33H30FN3O4S2. The molecule has 43 heavy (non-hydrogen) atoms. The minimum absolute atomic E-state index is 0.0172. The number of nitrogens with zero attached hydrogens (tertiary/aromatic N) is 3. The van der Waals surface area contributed by atoms with E-state index in [1.807, 2.05) is 49.4 Å². The van der Waals surface area contributed by atoms with E-state index < -0.39 is 5.82 Å². The van der Waals surface area contributed by atoms with Gasteiger partial charge in [-0.2, -0.15) is 0 Å². The second-order valence-corrected chi connectivity index (χ2v) is 12.2. The Balaban J connectivity index is 1.35. The molecule has 0 spiro atoms. The largest absolute Gasteiger partial charge is 0.494 e. The second-order valence-electron chi connectivity index (χ2n) is 10.2. The van der Waals surface area contributed by atoms with Gasteiger partial charge in [0.25, 0.3) is 5.56 Å². The molecule has 0 aliphatic carbocycles. The van der Waals surface area contributed by atoms with Crippen molar-refractivity contribution in [1.82, 2.24) is 14.5 Å². The van der Waals surface area contributed by atoms with Crippen LogP contribution in [0.15, 0.2) is 82.7 Å². The van der Waals surface area contributed by atoms with Crippen molar-refractivity contribution < 1.29 is 18.7 Å². The highest BCUT2D eigenvalue weighted by Gasteiger charge is 2.26. The maximum Gasteiger partial charge on any atom is 0.267 e. The number of methoxy groups -OCH3 is 1. The molecule has 0 N–H and O–H groups in total. The van der Waals surface area contributed by atoms with E-state index in [-0.39, 0.29) is 28.4 Å². The normalized spacial score (nSPS) is 13.2. The van der Waals surface area contributed by atoms with Gasteiger partial charge in [-0.25, -0.2) is 9.37 Å². The van der Waals surface area contributed by atoms with Gasteiger partial charge in [-0.15, -0.1) is 11.3 Å². The van der Waals surface area contributed by atoms with Crippen molar-refractivity contribution in [3.05, 3.63) is 111 Å². The summed E-state index contributed by atoms with van der Waals surface area (Å²) in [6.45, 7) is 4.88. The molecule has 0 fully saturated rings. The molecule has 10 heteroatoms. The topological polar surface area (TPSA) is 73.7 Å². The molecule has 1 aliphatic rings. The maximum absolute atomic E-state index is 14.3. The number of halogens is 1. The fourth-order valence-electron chi connectivity index (χ4n) is 5.29. The molecule has 2 aromatic heterocycles. The zero-order valence-electron chi connectivity index (χ0n) is 23.8. The summed E-state index contributed by atoms with van der Waals surface area (Å²) < 4.78 is 26.4. The number of carbonyl (C=O) groups is 1. The molecule has 0 radical (unpaired) electrons. The molecular weight excluding hydrogens is 586 g/mol. The van der Waals surface area contributed by atoms with E-state index in [4.69, 9.17) is 14.5 Å². The van der Waals surface area contributed by atoms with Crippen molar-refractivity contribution in [3.63, 3.8) is 0 Å². The second kappa shape index (κ2) is 12.7. The number of fused-ring (bicyclic) bond motifs is 3. The van der Waals surface area contributed by atoms with Gasteiger partial charge in [-0.3, -0.25) is 19.1 Å². The Morgan fingerprint density at radius 2 is 1.88 bits per heavy atom. The van der Waals surface area contributed by atoms with Crippen molar-refractivity contribution in [2.24, 2.45) is 0 Å². The van der Waals surface area contributed by atoms with Crippen LogP contribution in [-0.4, -0.2) is 46.2 Å². The number of ketones is 1. The number of ether oxygens (including phenoxy) is 2. The minimum Gasteiger partial charge on any atom is -0.494 e. The van der Waals surface area contributed by atoms with Gasteiger partial charge in [0.2, 0.25) is 0 Å². The van der Waals surface area contributed by atoms with Crippen LogP contribution in [0.1, 0.15) is 33.3 Å². The quantitative estimate of drug-likeness (QED) is 0.101. The van der Waals surface area contributed by atoms with Crippen LogP contribution in [0.25, 0.3) is 15.9 Å². The standard InChI is InChI=1S/C33H30FN3O4S2/c1-3-41-24-12-10-23(11-13-24)37-32(39)30-25-15-16-36(18-21-7-5-4-6-8-21)19-29(25)43-31(30)35-33(37)42-20-27(38)22-9-14-28(40-2)26(34)17-22/h4-14,17H,3,15-16,18-20H2,1-2H3. The summed E-state index contributed by atoms with van der Waals surface area (Å²) in [5.74, 6) is -0.123. The lowest BCUT2D eigenvalue weighted by Gasteiger charge is -2.26. The number of thiophene rings is 1. The third-order valence-corrected chi connectivity index (χ3v) is 9.43. The van der Waals surface area contributed by atoms with Crippen molar-refractivity contribution in [1.29, 1.82) is 0 Å². The van der Waals surface area contributed by atoms with Crippen LogP contribution in [0.2, 0.25) is 0 Å². The fraction of sp³-hybridized carbons (Fsp3) is 0.242. The first kappa shape index (κ1) is 29.1. The van der Waals surface area contributed by atoms with E-state index in [0.29, 0.717) is 33.4 Å². The van der Waals surface area contributed by atoms with Crippen LogP contribution in [0.5, 0.6) is 11.5 Å². The van der Waals surface area contributed by atoms with Gasteiger partial charge < -0.3 is 9.47 Å². The Labute approximate surface area is 256 Å². The monoisotopic (exact) mass is 615 g/mol. The van der Waals surface area contributed by atoms with E-state index in [1.165, 1.54) is 42.6 Å². The zero-order valence-corrected chi connectivity index (χ0v) is 25.5. The van der Waals surface area contributed by atoms with Crippen LogP contribution in [-0.2, 0) is 19.5 Å². The smallest absolute Gasteiger partial charge is 0.267 e. The number of thioether (sulfide) groups is 1. The average Bonchev–Trinajstić information content (AvgIpc) is 3.39. The number of hydrogen-bond acceptors (Lipinski definition) is 8. The van der Waals surface area contributed by atoms with Gasteiger partial charge in [0.05, 0.1) is 30.5 Å². The van der Waals surface area contributed by atoms with Gasteiger partial charge in [0.15, 0.2) is 22.5 Å². The van der Waals surface area contributed by atoms with Crippen LogP contribution in [0.4, 0.5) is 4.39 Å². The lowest BCUT2D eigenvalue weighted by atomic mass is 10.0. The van der Waals surface area contributed by atoms with Crippen LogP contribution < -0.4 is 15.0 Å². The number of benzene rings is 3. The highest BCUT2D eigenvalue weighted by molar-refractivity contribution is 7.99. The number of hydrogen-bond donors (Lipinski definition) is 0. The zero-order chi connectivity index (χ0) is 29.9. The average molecular weight is 616 g/mol. The van der Waals surface area contributed by atoms with Crippen LogP contribution >= 0.6 is 23.1 Å². The first-order chi connectivity index (χ1) is 20.9. The lowest BCUT2D eigenvalue weighted by molar-refractivity contribution is 0.102. The molecule has 3 aromatic carbocycles. The molecule has 220 valence electrons. The molecule has 0 saturated carbocycles. The summed E-state index contributed by atoms with van der Waals surface area (Å²) in [4.78, 5) is 36.4. The van der Waals surface area contributed by atoms with Gasteiger partial charge >= 0.3 is 0 Å². The third kappa shape index (κ3) is 6.08. The molecule has 0 unspecified atom stereocenters. The summed E-state index contributed by atoms with van der Waals surface area (Å²) in [5.41, 5.74) is 3.02. The number of carbonyl (C=O) groups excluding carboxylic acids is 1. The molecule has 0 atom stereocenters. The summed E-state index contributed by atoms with van der Waals surface area (Å²) in [5, 5.41) is 1.05. The highest BCUT2D eigenvalue weighted by atomic mass is 32.2. The van der Waals surface area contributed by atoms with E-state index in [1.54, 1.807) is 15.9 Å². The number of aromatic nitrogens is 2. The predicted octanol–water partition coefficient (Wildman–Crippen LogP) is 6.53. The van der Waals surface area contributed by atoms with Gasteiger partial charge in [-0.1, -0.05) is 42.1 Å². The maximum atomic E-state index is 14.3. The van der Waals surface area contributed by atoms with E-state index >= 15 is 0 Å². The molecule has 6 rings (SSSR count). The van der Waals surface area contributed by atoms with Gasteiger partial charge in [0, 0.05) is 30.1 Å². The van der Waals surface area contributed by atoms with Crippen molar-refractivity contribution in [2.75, 3.05) is 26.0 Å². The number of rotatable bonds is 10. The Hall–Kier alpha value is -3.99.